The minimum absolute atomic E-state index is 0.0312. The molecule has 1 heterocycles. The maximum atomic E-state index is 12.1. The lowest BCUT2D eigenvalue weighted by atomic mass is 10.1. The highest BCUT2D eigenvalue weighted by atomic mass is 79.9. The third-order valence-corrected chi connectivity index (χ3v) is 5.20. The molecule has 1 aliphatic rings. The number of hydrogen-bond donors (Lipinski definition) is 2. The number of halogens is 1. The Morgan fingerprint density at radius 2 is 2.21 bits per heavy atom. The summed E-state index contributed by atoms with van der Waals surface area (Å²) in [5.74, 6) is 0. The summed E-state index contributed by atoms with van der Waals surface area (Å²) in [4.78, 5) is 0.170. The standard InChI is InChI=1S/C12H17BrN2O3S/c13-11-5-4-10(7-12(11)14)19(16,17)15-8-9-3-1-2-6-18-9/h4-5,7,9,15H,1-3,6,8,14H2. The van der Waals surface area contributed by atoms with Crippen LogP contribution in [-0.4, -0.2) is 27.7 Å². The zero-order valence-electron chi connectivity index (χ0n) is 10.4. The molecule has 0 bridgehead atoms. The van der Waals surface area contributed by atoms with Crippen LogP contribution in [0.4, 0.5) is 5.69 Å². The molecular formula is C12H17BrN2O3S. The van der Waals surface area contributed by atoms with E-state index in [2.05, 4.69) is 20.7 Å². The molecule has 1 aromatic rings. The van der Waals surface area contributed by atoms with Gasteiger partial charge >= 0.3 is 0 Å². The van der Waals surface area contributed by atoms with Gasteiger partial charge in [-0.25, -0.2) is 13.1 Å². The number of hydrogen-bond acceptors (Lipinski definition) is 4. The van der Waals surface area contributed by atoms with Gasteiger partial charge in [0.05, 0.1) is 11.0 Å². The molecule has 19 heavy (non-hydrogen) atoms. The van der Waals surface area contributed by atoms with Gasteiger partial charge in [0.15, 0.2) is 0 Å². The van der Waals surface area contributed by atoms with Crippen LogP contribution < -0.4 is 10.5 Å². The fourth-order valence-corrected chi connectivity index (χ4v) is 3.29. The first kappa shape index (κ1) is 14.8. The molecule has 1 unspecified atom stereocenters. The van der Waals surface area contributed by atoms with Crippen LogP contribution in [0.1, 0.15) is 19.3 Å². The fourth-order valence-electron chi connectivity index (χ4n) is 1.94. The number of ether oxygens (including phenoxy) is 1. The van der Waals surface area contributed by atoms with Crippen molar-refractivity contribution in [1.29, 1.82) is 0 Å². The summed E-state index contributed by atoms with van der Waals surface area (Å²) in [5, 5.41) is 0. The van der Waals surface area contributed by atoms with Crippen LogP contribution in [0.5, 0.6) is 0 Å². The van der Waals surface area contributed by atoms with Gasteiger partial charge < -0.3 is 10.5 Å². The maximum Gasteiger partial charge on any atom is 0.240 e. The van der Waals surface area contributed by atoms with Crippen LogP contribution in [0.25, 0.3) is 0 Å². The van der Waals surface area contributed by atoms with Gasteiger partial charge in [-0.05, 0) is 53.4 Å². The van der Waals surface area contributed by atoms with Crippen molar-refractivity contribution < 1.29 is 13.2 Å². The van der Waals surface area contributed by atoms with Crippen LogP contribution in [0.15, 0.2) is 27.6 Å². The van der Waals surface area contributed by atoms with Crippen molar-refractivity contribution in [3.63, 3.8) is 0 Å². The number of nitrogens with one attached hydrogen (secondary N) is 1. The third-order valence-electron chi connectivity index (χ3n) is 3.05. The SMILES string of the molecule is Nc1cc(S(=O)(=O)NCC2CCCCO2)ccc1Br. The van der Waals surface area contributed by atoms with Crippen molar-refractivity contribution in [2.75, 3.05) is 18.9 Å². The Bertz CT molecular complexity index is 542. The van der Waals surface area contributed by atoms with E-state index in [9.17, 15) is 8.42 Å². The highest BCUT2D eigenvalue weighted by Gasteiger charge is 2.19. The van der Waals surface area contributed by atoms with Crippen molar-refractivity contribution in [1.82, 2.24) is 4.72 Å². The normalized spacial score (nSPS) is 20.4. The van der Waals surface area contributed by atoms with Crippen molar-refractivity contribution in [3.8, 4) is 0 Å². The Morgan fingerprint density at radius 1 is 1.42 bits per heavy atom. The van der Waals surface area contributed by atoms with E-state index in [-0.39, 0.29) is 11.0 Å². The number of anilines is 1. The van der Waals surface area contributed by atoms with E-state index < -0.39 is 10.0 Å². The lowest BCUT2D eigenvalue weighted by Gasteiger charge is -2.22. The monoisotopic (exact) mass is 348 g/mol. The van der Waals surface area contributed by atoms with Crippen molar-refractivity contribution in [2.24, 2.45) is 0 Å². The van der Waals surface area contributed by atoms with Gasteiger partial charge in [-0.2, -0.15) is 0 Å². The Labute approximate surface area is 121 Å². The minimum Gasteiger partial charge on any atom is -0.398 e. The summed E-state index contributed by atoms with van der Waals surface area (Å²) in [6.45, 7) is 1.01. The lowest BCUT2D eigenvalue weighted by molar-refractivity contribution is 0.0200. The molecule has 1 aliphatic heterocycles. The highest BCUT2D eigenvalue weighted by molar-refractivity contribution is 9.10. The summed E-state index contributed by atoms with van der Waals surface area (Å²) in [7, 11) is -3.53. The Hall–Kier alpha value is -0.630. The van der Waals surface area contributed by atoms with E-state index in [4.69, 9.17) is 10.5 Å². The Kier molecular flexibility index (Phi) is 4.83. The zero-order chi connectivity index (χ0) is 13.9. The highest BCUT2D eigenvalue weighted by Crippen LogP contribution is 2.22. The quantitative estimate of drug-likeness (QED) is 0.814. The maximum absolute atomic E-state index is 12.1. The van der Waals surface area contributed by atoms with E-state index in [0.717, 1.165) is 19.3 Å². The van der Waals surface area contributed by atoms with Gasteiger partial charge in [-0.3, -0.25) is 0 Å². The summed E-state index contributed by atoms with van der Waals surface area (Å²) in [6, 6.07) is 4.58. The van der Waals surface area contributed by atoms with Crippen molar-refractivity contribution in [2.45, 2.75) is 30.3 Å². The molecule has 1 aromatic carbocycles. The second kappa shape index (κ2) is 6.21. The van der Waals surface area contributed by atoms with E-state index in [1.807, 2.05) is 0 Å². The van der Waals surface area contributed by atoms with Gasteiger partial charge in [0.2, 0.25) is 10.0 Å². The number of nitrogens with two attached hydrogens (primary N) is 1. The first-order valence-electron chi connectivity index (χ1n) is 6.15. The summed E-state index contributed by atoms with van der Waals surface area (Å²) < 4.78 is 32.9. The summed E-state index contributed by atoms with van der Waals surface area (Å²) in [6.07, 6.45) is 2.99. The molecule has 106 valence electrons. The topological polar surface area (TPSA) is 81.4 Å². The predicted molar refractivity (Wildman–Crippen MR) is 77.3 cm³/mol. The molecule has 0 radical (unpaired) electrons. The molecule has 0 aromatic heterocycles. The third kappa shape index (κ3) is 3.92. The first-order chi connectivity index (χ1) is 8.99. The van der Waals surface area contributed by atoms with Crippen molar-refractivity contribution in [3.05, 3.63) is 22.7 Å². The average Bonchev–Trinajstić information content (AvgIpc) is 2.41. The number of benzene rings is 1. The lowest BCUT2D eigenvalue weighted by Crippen LogP contribution is -2.35. The Balaban J connectivity index is 2.02. The Morgan fingerprint density at radius 3 is 2.84 bits per heavy atom. The predicted octanol–water partition coefficient (Wildman–Crippen LogP) is 1.88. The summed E-state index contributed by atoms with van der Waals surface area (Å²) >= 11 is 3.24. The number of nitrogen functional groups attached to an aromatic ring is 1. The van der Waals surface area contributed by atoms with Gasteiger partial charge in [0.1, 0.15) is 0 Å². The van der Waals surface area contributed by atoms with Crippen molar-refractivity contribution >= 4 is 31.6 Å². The largest absolute Gasteiger partial charge is 0.398 e. The molecular weight excluding hydrogens is 332 g/mol. The molecule has 5 nitrogen and oxygen atoms in total. The first-order valence-corrected chi connectivity index (χ1v) is 8.43. The molecule has 7 heteroatoms. The molecule has 1 saturated heterocycles. The van der Waals surface area contributed by atoms with Gasteiger partial charge in [0.25, 0.3) is 0 Å². The van der Waals surface area contributed by atoms with Crippen LogP contribution in [0.2, 0.25) is 0 Å². The summed E-state index contributed by atoms with van der Waals surface area (Å²) in [5.41, 5.74) is 6.09. The number of rotatable bonds is 4. The molecule has 1 fully saturated rings. The zero-order valence-corrected chi connectivity index (χ0v) is 12.8. The molecule has 0 amide bonds. The van der Waals surface area contributed by atoms with E-state index in [1.54, 1.807) is 6.07 Å². The van der Waals surface area contributed by atoms with E-state index in [0.29, 0.717) is 23.3 Å². The van der Waals surface area contributed by atoms with Crippen LogP contribution in [0.3, 0.4) is 0 Å². The average molecular weight is 349 g/mol. The van der Waals surface area contributed by atoms with Gasteiger partial charge in [0, 0.05) is 23.3 Å². The molecule has 0 saturated carbocycles. The molecule has 0 spiro atoms. The molecule has 3 N–H and O–H groups in total. The van der Waals surface area contributed by atoms with Gasteiger partial charge in [-0.1, -0.05) is 0 Å². The molecule has 1 atom stereocenters. The second-order valence-electron chi connectivity index (χ2n) is 4.52. The van der Waals surface area contributed by atoms with E-state index in [1.165, 1.54) is 12.1 Å². The smallest absolute Gasteiger partial charge is 0.240 e. The molecule has 2 rings (SSSR count). The van der Waals surface area contributed by atoms with Crippen LogP contribution in [-0.2, 0) is 14.8 Å². The minimum atomic E-state index is -3.53. The van der Waals surface area contributed by atoms with Gasteiger partial charge in [-0.15, -0.1) is 0 Å². The molecule has 0 aliphatic carbocycles. The fraction of sp³-hybridized carbons (Fsp3) is 0.500. The van der Waals surface area contributed by atoms with Crippen LogP contribution >= 0.6 is 15.9 Å². The number of sulfonamides is 1. The van der Waals surface area contributed by atoms with E-state index >= 15 is 0 Å². The second-order valence-corrected chi connectivity index (χ2v) is 7.15. The van der Waals surface area contributed by atoms with Crippen LogP contribution in [0, 0.1) is 0 Å².